The molecule has 0 aliphatic carbocycles. The molecule has 1 aromatic carbocycles. The predicted octanol–water partition coefficient (Wildman–Crippen LogP) is 3.47. The topological polar surface area (TPSA) is 40.5 Å². The average Bonchev–Trinajstić information content (AvgIpc) is 2.36. The van der Waals surface area contributed by atoms with Crippen LogP contribution in [0.25, 0.3) is 0 Å². The Balaban J connectivity index is 2.58. The Hall–Kier alpha value is -0.710. The minimum atomic E-state index is -0.980. The predicted molar refractivity (Wildman–Crippen MR) is 76.9 cm³/mol. The Morgan fingerprint density at radius 3 is 2.61 bits per heavy atom. The monoisotopic (exact) mass is 287 g/mol. The molecule has 0 fully saturated rings. The largest absolute Gasteiger partial charge is 0.478 e. The first-order valence-electron chi connectivity index (χ1n) is 5.96. The molecule has 0 atom stereocenters. The number of rotatable bonds is 7. The lowest BCUT2D eigenvalue weighted by Crippen LogP contribution is -2.25. The molecule has 1 N–H and O–H groups in total. The van der Waals surface area contributed by atoms with E-state index in [1.165, 1.54) is 0 Å². The van der Waals surface area contributed by atoms with Crippen molar-refractivity contribution in [2.24, 2.45) is 0 Å². The Morgan fingerprint density at radius 2 is 2.06 bits per heavy atom. The summed E-state index contributed by atoms with van der Waals surface area (Å²) in [6, 6.07) is 5.14. The second-order valence-electron chi connectivity index (χ2n) is 3.82. The fourth-order valence-electron chi connectivity index (χ4n) is 1.59. The summed E-state index contributed by atoms with van der Waals surface area (Å²) in [7, 11) is 0. The van der Waals surface area contributed by atoms with E-state index in [1.54, 1.807) is 23.9 Å². The molecule has 0 saturated carbocycles. The van der Waals surface area contributed by atoms with Gasteiger partial charge in [-0.15, -0.1) is 11.8 Å². The highest BCUT2D eigenvalue weighted by atomic mass is 35.5. The minimum absolute atomic E-state index is 0.171. The SMILES string of the molecule is CCN(CC)CCSc1ccc(Cl)c(C(=O)O)c1. The Labute approximate surface area is 117 Å². The fraction of sp³-hybridized carbons (Fsp3) is 0.462. The van der Waals surface area contributed by atoms with E-state index in [0.717, 1.165) is 30.3 Å². The van der Waals surface area contributed by atoms with Crippen LogP contribution in [0.1, 0.15) is 24.2 Å². The van der Waals surface area contributed by atoms with Crippen LogP contribution in [-0.2, 0) is 0 Å². The quantitative estimate of drug-likeness (QED) is 0.780. The lowest BCUT2D eigenvalue weighted by atomic mass is 10.2. The van der Waals surface area contributed by atoms with Crippen LogP contribution in [0.3, 0.4) is 0 Å². The molecule has 0 aliphatic heterocycles. The molecular weight excluding hydrogens is 270 g/mol. The maximum absolute atomic E-state index is 10.9. The maximum atomic E-state index is 10.9. The van der Waals surface area contributed by atoms with E-state index in [2.05, 4.69) is 18.7 Å². The average molecular weight is 288 g/mol. The highest BCUT2D eigenvalue weighted by Crippen LogP contribution is 2.24. The molecule has 1 rings (SSSR count). The van der Waals surface area contributed by atoms with E-state index in [0.29, 0.717) is 0 Å². The molecular formula is C13H18ClNO2S. The van der Waals surface area contributed by atoms with Crippen LogP contribution < -0.4 is 0 Å². The van der Waals surface area contributed by atoms with E-state index in [4.69, 9.17) is 16.7 Å². The molecule has 100 valence electrons. The zero-order valence-corrected chi connectivity index (χ0v) is 12.2. The molecule has 0 amide bonds. The Kier molecular flexibility index (Phi) is 6.54. The van der Waals surface area contributed by atoms with Gasteiger partial charge in [0.25, 0.3) is 0 Å². The second-order valence-corrected chi connectivity index (χ2v) is 5.40. The first kappa shape index (κ1) is 15.3. The van der Waals surface area contributed by atoms with Gasteiger partial charge in [0.05, 0.1) is 10.6 Å². The molecule has 0 saturated heterocycles. The summed E-state index contributed by atoms with van der Waals surface area (Å²) in [6.07, 6.45) is 0. The van der Waals surface area contributed by atoms with Crippen LogP contribution in [0.2, 0.25) is 5.02 Å². The van der Waals surface area contributed by atoms with Crippen molar-refractivity contribution in [1.29, 1.82) is 0 Å². The van der Waals surface area contributed by atoms with Crippen LogP contribution in [0.4, 0.5) is 0 Å². The molecule has 0 radical (unpaired) electrons. The van der Waals surface area contributed by atoms with E-state index < -0.39 is 5.97 Å². The molecule has 18 heavy (non-hydrogen) atoms. The van der Waals surface area contributed by atoms with Crippen molar-refractivity contribution in [3.8, 4) is 0 Å². The van der Waals surface area contributed by atoms with Gasteiger partial charge in [-0.05, 0) is 31.3 Å². The summed E-state index contributed by atoms with van der Waals surface area (Å²) in [5, 5.41) is 9.27. The molecule has 3 nitrogen and oxygen atoms in total. The van der Waals surface area contributed by atoms with Crippen molar-refractivity contribution in [1.82, 2.24) is 4.90 Å². The van der Waals surface area contributed by atoms with Crippen LogP contribution in [-0.4, -0.2) is 41.4 Å². The third-order valence-corrected chi connectivity index (χ3v) is 4.04. The summed E-state index contributed by atoms with van der Waals surface area (Å²) in [5.74, 6) is -0.0336. The molecule has 0 unspecified atom stereocenters. The second kappa shape index (κ2) is 7.67. The van der Waals surface area contributed by atoms with Crippen LogP contribution >= 0.6 is 23.4 Å². The molecule has 0 heterocycles. The molecule has 0 bridgehead atoms. The van der Waals surface area contributed by atoms with Gasteiger partial charge in [0.1, 0.15) is 0 Å². The van der Waals surface area contributed by atoms with Crippen LogP contribution in [0.5, 0.6) is 0 Å². The third-order valence-electron chi connectivity index (χ3n) is 2.74. The molecule has 0 aliphatic rings. The lowest BCUT2D eigenvalue weighted by molar-refractivity contribution is 0.0697. The first-order valence-corrected chi connectivity index (χ1v) is 7.32. The van der Waals surface area contributed by atoms with E-state index in [-0.39, 0.29) is 10.6 Å². The van der Waals surface area contributed by atoms with Crippen molar-refractivity contribution in [3.63, 3.8) is 0 Å². The van der Waals surface area contributed by atoms with Gasteiger partial charge < -0.3 is 10.0 Å². The van der Waals surface area contributed by atoms with Gasteiger partial charge in [0.2, 0.25) is 0 Å². The number of benzene rings is 1. The number of aromatic carboxylic acids is 1. The van der Waals surface area contributed by atoms with E-state index >= 15 is 0 Å². The number of hydrogen-bond acceptors (Lipinski definition) is 3. The summed E-state index contributed by atoms with van der Waals surface area (Å²) in [4.78, 5) is 14.2. The number of carbonyl (C=O) groups is 1. The number of thioether (sulfide) groups is 1. The van der Waals surface area contributed by atoms with E-state index in [9.17, 15) is 4.79 Å². The van der Waals surface area contributed by atoms with Gasteiger partial charge in [-0.1, -0.05) is 25.4 Å². The van der Waals surface area contributed by atoms with Crippen molar-refractivity contribution in [3.05, 3.63) is 28.8 Å². The summed E-state index contributed by atoms with van der Waals surface area (Å²) in [6.45, 7) is 7.36. The molecule has 5 heteroatoms. The van der Waals surface area contributed by atoms with Gasteiger partial charge >= 0.3 is 5.97 Å². The van der Waals surface area contributed by atoms with Crippen molar-refractivity contribution in [2.45, 2.75) is 18.7 Å². The fourth-order valence-corrected chi connectivity index (χ4v) is 2.74. The Bertz CT molecular complexity index is 408. The van der Waals surface area contributed by atoms with E-state index in [1.807, 2.05) is 6.07 Å². The van der Waals surface area contributed by atoms with Crippen molar-refractivity contribution >= 4 is 29.3 Å². The van der Waals surface area contributed by atoms with Crippen molar-refractivity contribution < 1.29 is 9.90 Å². The number of halogens is 1. The standard InChI is InChI=1S/C13H18ClNO2S/c1-3-15(4-2)7-8-18-10-5-6-12(14)11(9-10)13(16)17/h5-6,9H,3-4,7-8H2,1-2H3,(H,16,17). The van der Waals surface area contributed by atoms with Crippen LogP contribution in [0.15, 0.2) is 23.1 Å². The molecule has 0 aromatic heterocycles. The zero-order chi connectivity index (χ0) is 13.5. The van der Waals surface area contributed by atoms with Gasteiger partial charge in [-0.2, -0.15) is 0 Å². The van der Waals surface area contributed by atoms with Gasteiger partial charge in [-0.3, -0.25) is 0 Å². The maximum Gasteiger partial charge on any atom is 0.337 e. The van der Waals surface area contributed by atoms with Gasteiger partial charge in [-0.25, -0.2) is 4.79 Å². The number of carboxylic acid groups (broad SMARTS) is 1. The highest BCUT2D eigenvalue weighted by Gasteiger charge is 2.09. The smallest absolute Gasteiger partial charge is 0.337 e. The molecule has 1 aromatic rings. The third kappa shape index (κ3) is 4.52. The minimum Gasteiger partial charge on any atom is -0.478 e. The molecule has 0 spiro atoms. The van der Waals surface area contributed by atoms with Crippen molar-refractivity contribution in [2.75, 3.05) is 25.4 Å². The number of nitrogens with zero attached hydrogens (tertiary/aromatic N) is 1. The number of carboxylic acids is 1. The highest BCUT2D eigenvalue weighted by molar-refractivity contribution is 7.99. The van der Waals surface area contributed by atoms with Gasteiger partial charge in [0, 0.05) is 17.2 Å². The Morgan fingerprint density at radius 1 is 1.39 bits per heavy atom. The first-order chi connectivity index (χ1) is 8.58. The zero-order valence-electron chi connectivity index (χ0n) is 10.6. The van der Waals surface area contributed by atoms with Gasteiger partial charge in [0.15, 0.2) is 0 Å². The summed E-state index contributed by atoms with van der Waals surface area (Å²) in [5.41, 5.74) is 0.171. The number of hydrogen-bond donors (Lipinski definition) is 1. The van der Waals surface area contributed by atoms with Crippen LogP contribution in [0, 0.1) is 0 Å². The lowest BCUT2D eigenvalue weighted by Gasteiger charge is -2.17. The summed E-state index contributed by atoms with van der Waals surface area (Å²) < 4.78 is 0. The normalized spacial score (nSPS) is 10.9. The summed E-state index contributed by atoms with van der Waals surface area (Å²) >= 11 is 7.48.